The molecule has 1 aromatic carbocycles. The van der Waals surface area contributed by atoms with Crippen LogP contribution in [0.4, 0.5) is 13.2 Å². The highest BCUT2D eigenvalue weighted by molar-refractivity contribution is 5.85. The van der Waals surface area contributed by atoms with Gasteiger partial charge < -0.3 is 14.4 Å². The van der Waals surface area contributed by atoms with E-state index in [0.717, 1.165) is 4.57 Å². The number of aliphatic hydroxyl groups excluding tert-OH is 1. The Morgan fingerprint density at radius 1 is 1.17 bits per heavy atom. The number of benzene rings is 1. The number of fused-ring (bicyclic) bond motifs is 1. The van der Waals surface area contributed by atoms with Crippen molar-refractivity contribution < 1.29 is 23.0 Å². The summed E-state index contributed by atoms with van der Waals surface area (Å²) in [6, 6.07) is 6.42. The second-order valence-corrected chi connectivity index (χ2v) is 5.60. The van der Waals surface area contributed by atoms with Gasteiger partial charge in [-0.3, -0.25) is 4.90 Å². The highest BCUT2D eigenvalue weighted by atomic mass is 35.5. The third-order valence-electron chi connectivity index (χ3n) is 3.87. The molecule has 1 unspecified atom stereocenters. The standard InChI is InChI=1S/C15H18F3N3O2.ClH/c16-15(17,18)14-19-12-3-1-2-4-13(12)21(14)10-11(22)9-20-5-7-23-8-6-20;/h1-4,11,22H,5-10H2;1H. The molecule has 134 valence electrons. The van der Waals surface area contributed by atoms with Gasteiger partial charge in [-0.25, -0.2) is 4.98 Å². The van der Waals surface area contributed by atoms with Crippen molar-refractivity contribution in [3.05, 3.63) is 30.1 Å². The smallest absolute Gasteiger partial charge is 0.390 e. The Bertz CT molecular complexity index is 672. The third-order valence-corrected chi connectivity index (χ3v) is 3.87. The Balaban J connectivity index is 0.00000208. The number of para-hydroxylation sites is 2. The molecule has 1 atom stereocenters. The molecule has 1 aliphatic heterocycles. The Morgan fingerprint density at radius 2 is 1.83 bits per heavy atom. The molecule has 5 nitrogen and oxygen atoms in total. The van der Waals surface area contributed by atoms with E-state index in [-0.39, 0.29) is 24.5 Å². The minimum atomic E-state index is -4.56. The van der Waals surface area contributed by atoms with Crippen molar-refractivity contribution in [2.24, 2.45) is 0 Å². The molecule has 1 aromatic heterocycles. The number of hydrogen-bond donors (Lipinski definition) is 1. The van der Waals surface area contributed by atoms with Gasteiger partial charge in [0.15, 0.2) is 0 Å². The zero-order valence-corrected chi connectivity index (χ0v) is 13.7. The number of hydrogen-bond acceptors (Lipinski definition) is 4. The Morgan fingerprint density at radius 3 is 2.50 bits per heavy atom. The molecule has 1 fully saturated rings. The summed E-state index contributed by atoms with van der Waals surface area (Å²) in [5, 5.41) is 10.2. The number of nitrogens with zero attached hydrogens (tertiary/aromatic N) is 3. The minimum absolute atomic E-state index is 0. The summed E-state index contributed by atoms with van der Waals surface area (Å²) in [4.78, 5) is 5.66. The number of aliphatic hydroxyl groups is 1. The molecule has 0 spiro atoms. The van der Waals surface area contributed by atoms with Crippen LogP contribution in [0, 0.1) is 0 Å². The molecule has 2 heterocycles. The summed E-state index contributed by atoms with van der Waals surface area (Å²) in [5.41, 5.74) is 0.652. The maximum absolute atomic E-state index is 13.2. The van der Waals surface area contributed by atoms with Gasteiger partial charge in [-0.2, -0.15) is 13.2 Å². The van der Waals surface area contributed by atoms with Gasteiger partial charge in [0, 0.05) is 19.6 Å². The lowest BCUT2D eigenvalue weighted by Gasteiger charge is -2.28. The SMILES string of the molecule is Cl.OC(CN1CCOCC1)Cn1c(C(F)(F)F)nc2ccccc21. The topological polar surface area (TPSA) is 50.5 Å². The molecule has 0 amide bonds. The fourth-order valence-electron chi connectivity index (χ4n) is 2.83. The molecular formula is C15H19ClF3N3O2. The van der Waals surface area contributed by atoms with Crippen LogP contribution in [0.15, 0.2) is 24.3 Å². The molecule has 0 bridgehead atoms. The van der Waals surface area contributed by atoms with E-state index in [9.17, 15) is 18.3 Å². The second-order valence-electron chi connectivity index (χ2n) is 5.60. The van der Waals surface area contributed by atoms with Gasteiger partial charge in [0.2, 0.25) is 5.82 Å². The first kappa shape index (κ1) is 19.0. The van der Waals surface area contributed by atoms with Crippen LogP contribution < -0.4 is 0 Å². The van der Waals surface area contributed by atoms with Crippen LogP contribution in [0.25, 0.3) is 11.0 Å². The van der Waals surface area contributed by atoms with Crippen molar-refractivity contribution in [1.29, 1.82) is 0 Å². The van der Waals surface area contributed by atoms with E-state index >= 15 is 0 Å². The fourth-order valence-corrected chi connectivity index (χ4v) is 2.83. The van der Waals surface area contributed by atoms with E-state index in [1.807, 2.05) is 4.90 Å². The largest absolute Gasteiger partial charge is 0.449 e. The number of rotatable bonds is 4. The second kappa shape index (κ2) is 7.69. The number of aromatic nitrogens is 2. The molecule has 0 aliphatic carbocycles. The van der Waals surface area contributed by atoms with Crippen LogP contribution in [-0.4, -0.2) is 58.5 Å². The minimum Gasteiger partial charge on any atom is -0.390 e. The predicted molar refractivity (Wildman–Crippen MR) is 85.2 cm³/mol. The number of alkyl halides is 3. The lowest BCUT2D eigenvalue weighted by molar-refractivity contribution is -0.147. The highest BCUT2D eigenvalue weighted by Crippen LogP contribution is 2.31. The number of imidazole rings is 1. The summed E-state index contributed by atoms with van der Waals surface area (Å²) in [6.07, 6.45) is -5.47. The van der Waals surface area contributed by atoms with Crippen molar-refractivity contribution >= 4 is 23.4 Å². The molecule has 24 heavy (non-hydrogen) atoms. The van der Waals surface area contributed by atoms with Gasteiger partial charge in [-0.1, -0.05) is 12.1 Å². The van der Waals surface area contributed by atoms with E-state index in [0.29, 0.717) is 38.4 Å². The average Bonchev–Trinajstić information content (AvgIpc) is 2.87. The molecule has 3 rings (SSSR count). The first-order valence-electron chi connectivity index (χ1n) is 7.46. The van der Waals surface area contributed by atoms with E-state index in [4.69, 9.17) is 4.74 Å². The molecule has 9 heteroatoms. The molecule has 0 radical (unpaired) electrons. The molecule has 0 saturated carbocycles. The lowest BCUT2D eigenvalue weighted by Crippen LogP contribution is -2.42. The van der Waals surface area contributed by atoms with E-state index in [1.54, 1.807) is 18.2 Å². The Hall–Kier alpha value is -1.35. The molecule has 2 aromatic rings. The summed E-state index contributed by atoms with van der Waals surface area (Å²) >= 11 is 0. The van der Waals surface area contributed by atoms with Crippen LogP contribution in [0.3, 0.4) is 0 Å². The molecule has 1 saturated heterocycles. The van der Waals surface area contributed by atoms with Gasteiger partial charge in [0.1, 0.15) is 0 Å². The number of morpholine rings is 1. The zero-order chi connectivity index (χ0) is 16.4. The van der Waals surface area contributed by atoms with Crippen LogP contribution in [0.5, 0.6) is 0 Å². The van der Waals surface area contributed by atoms with Gasteiger partial charge in [-0.05, 0) is 12.1 Å². The fraction of sp³-hybridized carbons (Fsp3) is 0.533. The van der Waals surface area contributed by atoms with E-state index in [1.165, 1.54) is 6.07 Å². The first-order valence-corrected chi connectivity index (χ1v) is 7.46. The van der Waals surface area contributed by atoms with Gasteiger partial charge >= 0.3 is 6.18 Å². The molecule has 1 N–H and O–H groups in total. The van der Waals surface area contributed by atoms with Crippen LogP contribution in [0.2, 0.25) is 0 Å². The number of halogens is 4. The highest BCUT2D eigenvalue weighted by Gasteiger charge is 2.38. The van der Waals surface area contributed by atoms with Crippen LogP contribution in [0.1, 0.15) is 5.82 Å². The lowest BCUT2D eigenvalue weighted by atomic mass is 10.2. The van der Waals surface area contributed by atoms with Crippen molar-refractivity contribution in [2.75, 3.05) is 32.8 Å². The van der Waals surface area contributed by atoms with Crippen LogP contribution >= 0.6 is 12.4 Å². The monoisotopic (exact) mass is 365 g/mol. The zero-order valence-electron chi connectivity index (χ0n) is 12.9. The summed E-state index contributed by atoms with van der Waals surface area (Å²) in [7, 11) is 0. The Labute approximate surface area is 143 Å². The Kier molecular flexibility index (Phi) is 6.08. The third kappa shape index (κ3) is 4.18. The average molecular weight is 366 g/mol. The van der Waals surface area contributed by atoms with E-state index < -0.39 is 18.1 Å². The maximum Gasteiger partial charge on any atom is 0.449 e. The number of β-amino-alcohol motifs (C(OH)–C–C–N with tert-alkyl or cyclic N) is 1. The quantitative estimate of drug-likeness (QED) is 0.902. The predicted octanol–water partition coefficient (Wildman–Crippen LogP) is 2.17. The van der Waals surface area contributed by atoms with Crippen molar-refractivity contribution in [1.82, 2.24) is 14.5 Å². The molecule has 1 aliphatic rings. The van der Waals surface area contributed by atoms with Crippen molar-refractivity contribution in [3.63, 3.8) is 0 Å². The van der Waals surface area contributed by atoms with Crippen LogP contribution in [-0.2, 0) is 17.5 Å². The number of ether oxygens (including phenoxy) is 1. The van der Waals surface area contributed by atoms with Crippen molar-refractivity contribution in [3.8, 4) is 0 Å². The van der Waals surface area contributed by atoms with E-state index in [2.05, 4.69) is 4.98 Å². The van der Waals surface area contributed by atoms with Gasteiger partial charge in [0.05, 0.1) is 36.9 Å². The summed E-state index contributed by atoms with van der Waals surface area (Å²) < 4.78 is 45.9. The summed E-state index contributed by atoms with van der Waals surface area (Å²) in [5.74, 6) is -0.972. The normalized spacial score (nSPS) is 17.7. The molecular weight excluding hydrogens is 347 g/mol. The van der Waals surface area contributed by atoms with Crippen molar-refractivity contribution in [2.45, 2.75) is 18.8 Å². The summed E-state index contributed by atoms with van der Waals surface area (Å²) in [6.45, 7) is 2.67. The first-order chi connectivity index (χ1) is 10.9. The maximum atomic E-state index is 13.2. The van der Waals surface area contributed by atoms with Gasteiger partial charge in [-0.15, -0.1) is 12.4 Å². The van der Waals surface area contributed by atoms with Gasteiger partial charge in [0.25, 0.3) is 0 Å².